The van der Waals surface area contributed by atoms with E-state index in [0.717, 1.165) is 0 Å². The second-order valence-corrected chi connectivity index (χ2v) is 7.94. The number of ether oxygens (including phenoxy) is 2. The number of rotatable bonds is 6. The van der Waals surface area contributed by atoms with Crippen LogP contribution in [0.5, 0.6) is 5.75 Å². The third-order valence-corrected chi connectivity index (χ3v) is 5.45. The summed E-state index contributed by atoms with van der Waals surface area (Å²) in [5.41, 5.74) is 0.873. The number of aromatic nitrogens is 2. The molecule has 0 spiro atoms. The Morgan fingerprint density at radius 2 is 2.03 bits per heavy atom. The minimum atomic E-state index is -0.837. The molecule has 1 saturated heterocycles. The Labute approximate surface area is 195 Å². The molecule has 9 heteroatoms. The second-order valence-electron chi connectivity index (χ2n) is 7.94. The molecule has 2 aromatic carbocycles. The number of benzene rings is 2. The Hall–Kier alpha value is -3.29. The average Bonchev–Trinajstić information content (AvgIpc) is 3.45. The third-order valence-electron chi connectivity index (χ3n) is 5.45. The lowest BCUT2D eigenvalue weighted by Gasteiger charge is -2.16. The van der Waals surface area contributed by atoms with Gasteiger partial charge in [0, 0.05) is 23.5 Å². The summed E-state index contributed by atoms with van der Waals surface area (Å²) in [5.74, 6) is 4.73. The van der Waals surface area contributed by atoms with Gasteiger partial charge < -0.3 is 29.4 Å². The molecule has 0 bridgehead atoms. The third kappa shape index (κ3) is 5.11. The maximum absolute atomic E-state index is 14.8. The van der Waals surface area contributed by atoms with Gasteiger partial charge in [0.15, 0.2) is 17.7 Å². The summed E-state index contributed by atoms with van der Waals surface area (Å²) in [6, 6.07) is 7.74. The summed E-state index contributed by atoms with van der Waals surface area (Å²) in [6.07, 6.45) is 0.778. The SMILES string of the molecule is C[C@H](O)c1nccn1[C@@H](C#Cc1ccc(-c2ccc(OC3COCC3O)c(F)c2)c(F)c1)CO. The van der Waals surface area contributed by atoms with Crippen LogP contribution in [0.15, 0.2) is 48.8 Å². The zero-order valence-electron chi connectivity index (χ0n) is 18.4. The molecule has 1 aliphatic heterocycles. The minimum Gasteiger partial charge on any atom is -0.482 e. The highest BCUT2D eigenvalue weighted by molar-refractivity contribution is 5.66. The van der Waals surface area contributed by atoms with Crippen LogP contribution in [-0.2, 0) is 4.74 Å². The van der Waals surface area contributed by atoms with Crippen LogP contribution >= 0.6 is 0 Å². The van der Waals surface area contributed by atoms with Crippen LogP contribution in [0.2, 0.25) is 0 Å². The topological polar surface area (TPSA) is 97.0 Å². The largest absolute Gasteiger partial charge is 0.482 e. The first-order valence-corrected chi connectivity index (χ1v) is 10.7. The maximum atomic E-state index is 14.8. The van der Waals surface area contributed by atoms with Crippen LogP contribution in [0.25, 0.3) is 11.1 Å². The molecule has 34 heavy (non-hydrogen) atoms. The molecule has 2 unspecified atom stereocenters. The molecule has 0 aliphatic carbocycles. The number of imidazole rings is 1. The monoisotopic (exact) mass is 470 g/mol. The Kier molecular flexibility index (Phi) is 7.24. The summed E-state index contributed by atoms with van der Waals surface area (Å²) in [5, 5.41) is 29.3. The van der Waals surface area contributed by atoms with Gasteiger partial charge in [0.2, 0.25) is 0 Å². The minimum absolute atomic E-state index is 0.0488. The Bertz CT molecular complexity index is 1220. The second kappa shape index (κ2) is 10.3. The lowest BCUT2D eigenvalue weighted by Crippen LogP contribution is -2.30. The highest BCUT2D eigenvalue weighted by Gasteiger charge is 2.28. The highest BCUT2D eigenvalue weighted by atomic mass is 19.1. The average molecular weight is 470 g/mol. The van der Waals surface area contributed by atoms with E-state index < -0.39 is 36.0 Å². The van der Waals surface area contributed by atoms with Gasteiger partial charge in [0.1, 0.15) is 29.9 Å². The van der Waals surface area contributed by atoms with E-state index in [2.05, 4.69) is 16.8 Å². The number of hydrogen-bond donors (Lipinski definition) is 3. The maximum Gasteiger partial charge on any atom is 0.165 e. The molecule has 1 aliphatic rings. The van der Waals surface area contributed by atoms with Crippen LogP contribution < -0.4 is 4.74 Å². The van der Waals surface area contributed by atoms with E-state index in [9.17, 15) is 24.1 Å². The quantitative estimate of drug-likeness (QED) is 0.480. The van der Waals surface area contributed by atoms with Gasteiger partial charge in [-0.05, 0) is 36.8 Å². The highest BCUT2D eigenvalue weighted by Crippen LogP contribution is 2.29. The molecule has 2 heterocycles. The van der Waals surface area contributed by atoms with E-state index in [1.54, 1.807) is 23.8 Å². The van der Waals surface area contributed by atoms with Gasteiger partial charge in [0.05, 0.1) is 19.8 Å². The molecule has 0 amide bonds. The Morgan fingerprint density at radius 3 is 2.68 bits per heavy atom. The number of hydrogen-bond acceptors (Lipinski definition) is 6. The standard InChI is InChI=1S/C25H24F2N2O5/c1-15(31)25-28-8-9-29(25)18(12-30)5-2-16-3-6-19(20(26)10-16)17-4-7-23(21(27)11-17)34-24-14-33-13-22(24)32/h3-4,6-11,15,18,22,24,30-32H,12-14H2,1H3/t15-,18-,22?,24?/m0/s1. The van der Waals surface area contributed by atoms with Gasteiger partial charge in [-0.2, -0.15) is 0 Å². The predicted octanol–water partition coefficient (Wildman–Crippen LogP) is 2.61. The number of aliphatic hydroxyl groups is 3. The van der Waals surface area contributed by atoms with Crippen molar-refractivity contribution in [2.45, 2.75) is 31.3 Å². The Morgan fingerprint density at radius 1 is 1.21 bits per heavy atom. The summed E-state index contributed by atoms with van der Waals surface area (Å²) in [4.78, 5) is 4.06. The number of aliphatic hydroxyl groups excluding tert-OH is 3. The van der Waals surface area contributed by atoms with E-state index in [-0.39, 0.29) is 31.1 Å². The molecule has 178 valence electrons. The molecule has 4 rings (SSSR count). The van der Waals surface area contributed by atoms with Crippen LogP contribution in [-0.4, -0.2) is 56.9 Å². The fourth-order valence-electron chi connectivity index (χ4n) is 3.67. The normalized spacial score (nSPS) is 19.4. The first kappa shape index (κ1) is 23.9. The Balaban J connectivity index is 1.52. The fraction of sp³-hybridized carbons (Fsp3) is 0.320. The molecular formula is C25H24F2N2O5. The first-order chi connectivity index (χ1) is 16.4. The lowest BCUT2D eigenvalue weighted by molar-refractivity contribution is 0.0708. The summed E-state index contributed by atoms with van der Waals surface area (Å²) in [6.45, 7) is 1.54. The molecule has 7 nitrogen and oxygen atoms in total. The van der Waals surface area contributed by atoms with Gasteiger partial charge in [-0.3, -0.25) is 0 Å². The van der Waals surface area contributed by atoms with Crippen LogP contribution in [0.4, 0.5) is 8.78 Å². The van der Waals surface area contributed by atoms with Crippen molar-refractivity contribution in [2.24, 2.45) is 0 Å². The van der Waals surface area contributed by atoms with E-state index in [0.29, 0.717) is 17.0 Å². The molecule has 0 saturated carbocycles. The van der Waals surface area contributed by atoms with E-state index >= 15 is 0 Å². The molecular weight excluding hydrogens is 446 g/mol. The van der Waals surface area contributed by atoms with Crippen LogP contribution in [0.3, 0.4) is 0 Å². The van der Waals surface area contributed by atoms with Gasteiger partial charge in [-0.25, -0.2) is 13.8 Å². The molecule has 1 fully saturated rings. The van der Waals surface area contributed by atoms with Crippen molar-refractivity contribution < 1.29 is 33.6 Å². The molecule has 3 N–H and O–H groups in total. The number of nitrogens with zero attached hydrogens (tertiary/aromatic N) is 2. The summed E-state index contributed by atoms with van der Waals surface area (Å²) in [7, 11) is 0. The fourth-order valence-corrected chi connectivity index (χ4v) is 3.67. The van der Waals surface area contributed by atoms with Gasteiger partial charge in [-0.1, -0.05) is 24.0 Å². The predicted molar refractivity (Wildman–Crippen MR) is 119 cm³/mol. The van der Waals surface area contributed by atoms with E-state index in [4.69, 9.17) is 9.47 Å². The summed E-state index contributed by atoms with van der Waals surface area (Å²) >= 11 is 0. The molecule has 3 aromatic rings. The van der Waals surface area contributed by atoms with Crippen molar-refractivity contribution in [1.82, 2.24) is 9.55 Å². The van der Waals surface area contributed by atoms with Crippen molar-refractivity contribution in [2.75, 3.05) is 19.8 Å². The number of halogens is 2. The zero-order chi connectivity index (χ0) is 24.2. The van der Waals surface area contributed by atoms with Crippen molar-refractivity contribution in [3.8, 4) is 28.7 Å². The first-order valence-electron chi connectivity index (χ1n) is 10.7. The zero-order valence-corrected chi connectivity index (χ0v) is 18.4. The van der Waals surface area contributed by atoms with Gasteiger partial charge in [-0.15, -0.1) is 0 Å². The van der Waals surface area contributed by atoms with Crippen molar-refractivity contribution in [3.05, 3.63) is 71.8 Å². The van der Waals surface area contributed by atoms with Crippen molar-refractivity contribution in [1.29, 1.82) is 0 Å². The van der Waals surface area contributed by atoms with E-state index in [1.807, 2.05) is 0 Å². The molecule has 1 aromatic heterocycles. The van der Waals surface area contributed by atoms with Crippen molar-refractivity contribution >= 4 is 0 Å². The lowest BCUT2D eigenvalue weighted by atomic mass is 10.0. The summed E-state index contributed by atoms with van der Waals surface area (Å²) < 4.78 is 41.5. The van der Waals surface area contributed by atoms with Gasteiger partial charge >= 0.3 is 0 Å². The smallest absolute Gasteiger partial charge is 0.165 e. The molecule has 0 radical (unpaired) electrons. The van der Waals surface area contributed by atoms with Crippen LogP contribution in [0.1, 0.15) is 30.5 Å². The van der Waals surface area contributed by atoms with E-state index in [1.165, 1.54) is 36.5 Å². The van der Waals surface area contributed by atoms with Crippen LogP contribution in [0, 0.1) is 23.5 Å². The van der Waals surface area contributed by atoms with Crippen molar-refractivity contribution in [3.63, 3.8) is 0 Å². The van der Waals surface area contributed by atoms with Gasteiger partial charge in [0.25, 0.3) is 0 Å². The molecule has 4 atom stereocenters.